The molecule has 2 heterocycles. The fourth-order valence-electron chi connectivity index (χ4n) is 7.45. The van der Waals surface area contributed by atoms with Gasteiger partial charge >= 0.3 is 0 Å². The standard InChI is InChI=1S/C32H46N2OSi/c1-4-36(5-2,6-3)30-28(27-16-10-11-18-29(27)33-30)17-12-19-31(35)20-22-32(23-21-31,34-24-13-25-34)26-14-8-7-9-15-26/h7-11,14-16,18,33,35H,4-6,12-13,17,19-25H2,1-3H3. The predicted molar refractivity (Wildman–Crippen MR) is 156 cm³/mol. The van der Waals surface area contributed by atoms with E-state index in [0.717, 1.165) is 44.9 Å². The van der Waals surface area contributed by atoms with Crippen molar-refractivity contribution < 1.29 is 5.11 Å². The molecule has 0 atom stereocenters. The fraction of sp³-hybridized carbons (Fsp3) is 0.562. The Labute approximate surface area is 219 Å². The number of benzene rings is 2. The molecule has 1 saturated heterocycles. The number of nitrogens with zero attached hydrogens (tertiary/aromatic N) is 1. The van der Waals surface area contributed by atoms with Gasteiger partial charge in [0.2, 0.25) is 0 Å². The summed E-state index contributed by atoms with van der Waals surface area (Å²) >= 11 is 0. The van der Waals surface area contributed by atoms with Crippen molar-refractivity contribution in [2.45, 2.75) is 101 Å². The van der Waals surface area contributed by atoms with Crippen molar-refractivity contribution in [1.82, 2.24) is 9.88 Å². The van der Waals surface area contributed by atoms with Gasteiger partial charge in [-0.3, -0.25) is 4.90 Å². The van der Waals surface area contributed by atoms with Crippen LogP contribution in [0.2, 0.25) is 18.1 Å². The van der Waals surface area contributed by atoms with E-state index >= 15 is 0 Å². The molecule has 5 rings (SSSR count). The molecule has 0 spiro atoms. The van der Waals surface area contributed by atoms with Crippen LogP contribution >= 0.6 is 0 Å². The summed E-state index contributed by atoms with van der Waals surface area (Å²) in [5.41, 5.74) is 3.92. The molecular weight excluding hydrogens is 456 g/mol. The molecule has 194 valence electrons. The average molecular weight is 503 g/mol. The Balaban J connectivity index is 1.31. The van der Waals surface area contributed by atoms with E-state index in [1.165, 1.54) is 54.1 Å². The Morgan fingerprint density at radius 3 is 2.11 bits per heavy atom. The molecule has 2 fully saturated rings. The second-order valence-corrected chi connectivity index (χ2v) is 16.9. The Kier molecular flexibility index (Phi) is 7.49. The number of nitrogens with one attached hydrogen (secondary N) is 1. The number of para-hydroxylation sites is 1. The lowest BCUT2D eigenvalue weighted by molar-refractivity contribution is -0.0803. The van der Waals surface area contributed by atoms with Crippen LogP contribution in [0.1, 0.15) is 76.8 Å². The lowest BCUT2D eigenvalue weighted by Crippen LogP contribution is -2.56. The number of aryl methyl sites for hydroxylation is 1. The zero-order valence-electron chi connectivity index (χ0n) is 22.8. The third-order valence-corrected chi connectivity index (χ3v) is 15.8. The zero-order chi connectivity index (χ0) is 25.2. The van der Waals surface area contributed by atoms with Gasteiger partial charge in [-0.1, -0.05) is 87.4 Å². The number of aromatic nitrogens is 1. The molecule has 0 amide bonds. The molecule has 2 aliphatic rings. The molecule has 1 aliphatic heterocycles. The molecule has 1 aromatic heterocycles. The van der Waals surface area contributed by atoms with E-state index in [4.69, 9.17) is 0 Å². The van der Waals surface area contributed by atoms with Crippen LogP contribution in [-0.2, 0) is 12.0 Å². The second-order valence-electron chi connectivity index (χ2n) is 11.7. The minimum atomic E-state index is -1.52. The first-order chi connectivity index (χ1) is 17.5. The number of rotatable bonds is 10. The minimum absolute atomic E-state index is 0.129. The first-order valence-electron chi connectivity index (χ1n) is 14.6. The van der Waals surface area contributed by atoms with Crippen molar-refractivity contribution in [3.63, 3.8) is 0 Å². The van der Waals surface area contributed by atoms with Gasteiger partial charge in [-0.15, -0.1) is 0 Å². The van der Waals surface area contributed by atoms with Crippen molar-refractivity contribution >= 4 is 24.3 Å². The first-order valence-corrected chi connectivity index (χ1v) is 17.2. The van der Waals surface area contributed by atoms with Crippen LogP contribution in [0.25, 0.3) is 10.9 Å². The highest BCUT2D eigenvalue weighted by Crippen LogP contribution is 2.48. The van der Waals surface area contributed by atoms with Gasteiger partial charge in [0.05, 0.1) is 5.60 Å². The molecule has 4 heteroatoms. The van der Waals surface area contributed by atoms with Crippen LogP contribution in [-0.4, -0.2) is 41.8 Å². The number of aromatic amines is 1. The van der Waals surface area contributed by atoms with E-state index in [0.29, 0.717) is 0 Å². The van der Waals surface area contributed by atoms with Gasteiger partial charge in [0.1, 0.15) is 8.07 Å². The fourth-order valence-corrected chi connectivity index (χ4v) is 11.3. The predicted octanol–water partition coefficient (Wildman–Crippen LogP) is 7.11. The minimum Gasteiger partial charge on any atom is -0.390 e. The summed E-state index contributed by atoms with van der Waals surface area (Å²) in [5.74, 6) is 0. The van der Waals surface area contributed by atoms with Crippen LogP contribution < -0.4 is 5.32 Å². The third kappa shape index (κ3) is 4.50. The lowest BCUT2D eigenvalue weighted by Gasteiger charge is -2.54. The summed E-state index contributed by atoms with van der Waals surface area (Å²) < 4.78 is 0. The van der Waals surface area contributed by atoms with Crippen LogP contribution in [0.15, 0.2) is 54.6 Å². The van der Waals surface area contributed by atoms with Crippen molar-refractivity contribution in [3.8, 4) is 0 Å². The normalized spacial score (nSPS) is 25.2. The van der Waals surface area contributed by atoms with Crippen LogP contribution in [0, 0.1) is 0 Å². The van der Waals surface area contributed by atoms with Crippen LogP contribution in [0.5, 0.6) is 0 Å². The summed E-state index contributed by atoms with van der Waals surface area (Å²) in [5, 5.41) is 14.7. The number of hydrogen-bond donors (Lipinski definition) is 2. The van der Waals surface area contributed by atoms with E-state index in [1.54, 1.807) is 10.9 Å². The summed E-state index contributed by atoms with van der Waals surface area (Å²) in [6, 6.07) is 23.9. The summed E-state index contributed by atoms with van der Waals surface area (Å²) in [6.45, 7) is 9.60. The topological polar surface area (TPSA) is 39.3 Å². The Bertz CT molecular complexity index is 1130. The second kappa shape index (κ2) is 10.5. The van der Waals surface area contributed by atoms with Crippen LogP contribution in [0.3, 0.4) is 0 Å². The maximum atomic E-state index is 11.7. The molecule has 0 radical (unpaired) electrons. The summed E-state index contributed by atoms with van der Waals surface area (Å²) in [6.07, 6.45) is 8.33. The Morgan fingerprint density at radius 1 is 0.861 bits per heavy atom. The van der Waals surface area contributed by atoms with Gasteiger partial charge in [0.15, 0.2) is 0 Å². The molecule has 0 unspecified atom stereocenters. The smallest absolute Gasteiger partial charge is 0.107 e. The molecule has 2 N–H and O–H groups in total. The van der Waals surface area contributed by atoms with E-state index in [-0.39, 0.29) is 5.54 Å². The summed E-state index contributed by atoms with van der Waals surface area (Å²) in [4.78, 5) is 6.59. The number of likely N-dealkylation sites (tertiary alicyclic amines) is 1. The van der Waals surface area contributed by atoms with Gasteiger partial charge < -0.3 is 10.1 Å². The number of H-pyrrole nitrogens is 1. The molecule has 1 saturated carbocycles. The van der Waals surface area contributed by atoms with Crippen molar-refractivity contribution in [1.29, 1.82) is 0 Å². The molecule has 36 heavy (non-hydrogen) atoms. The summed E-state index contributed by atoms with van der Waals surface area (Å²) in [7, 11) is -1.52. The Morgan fingerprint density at radius 2 is 1.50 bits per heavy atom. The van der Waals surface area contributed by atoms with Crippen LogP contribution in [0.4, 0.5) is 0 Å². The molecule has 1 aliphatic carbocycles. The molecule has 3 aromatic rings. The number of hydrogen-bond acceptors (Lipinski definition) is 2. The average Bonchev–Trinajstić information content (AvgIpc) is 3.26. The largest absolute Gasteiger partial charge is 0.390 e. The van der Waals surface area contributed by atoms with Gasteiger partial charge in [-0.2, -0.15) is 0 Å². The number of fused-ring (bicyclic) bond motifs is 1. The van der Waals surface area contributed by atoms with Crippen molar-refractivity contribution in [2.24, 2.45) is 0 Å². The zero-order valence-corrected chi connectivity index (χ0v) is 23.8. The highest BCUT2D eigenvalue weighted by atomic mass is 28.3. The lowest BCUT2D eigenvalue weighted by atomic mass is 9.67. The molecular formula is C32H46N2OSi. The van der Waals surface area contributed by atoms with Crippen molar-refractivity contribution in [2.75, 3.05) is 13.1 Å². The van der Waals surface area contributed by atoms with E-state index in [1.807, 2.05) is 0 Å². The van der Waals surface area contributed by atoms with Gasteiger partial charge in [-0.25, -0.2) is 0 Å². The SMILES string of the molecule is CC[Si](CC)(CC)c1[nH]c2ccccc2c1CCCC1(O)CCC(c2ccccc2)(N2CCC2)CC1. The van der Waals surface area contributed by atoms with E-state index < -0.39 is 13.7 Å². The Hall–Kier alpha value is -1.88. The molecule has 2 aromatic carbocycles. The monoisotopic (exact) mass is 502 g/mol. The van der Waals surface area contributed by atoms with Gasteiger partial charge in [0.25, 0.3) is 0 Å². The number of aliphatic hydroxyl groups is 1. The van der Waals surface area contributed by atoms with Gasteiger partial charge in [-0.05, 0) is 68.6 Å². The van der Waals surface area contributed by atoms with Gasteiger partial charge in [0, 0.05) is 34.8 Å². The maximum absolute atomic E-state index is 11.7. The van der Waals surface area contributed by atoms with Crippen molar-refractivity contribution in [3.05, 3.63) is 65.7 Å². The maximum Gasteiger partial charge on any atom is 0.107 e. The van der Waals surface area contributed by atoms with E-state index in [2.05, 4.69) is 85.3 Å². The molecule has 0 bridgehead atoms. The molecule has 3 nitrogen and oxygen atoms in total. The quantitative estimate of drug-likeness (QED) is 0.290. The highest BCUT2D eigenvalue weighted by molar-refractivity contribution is 6.91. The van der Waals surface area contributed by atoms with E-state index in [9.17, 15) is 5.11 Å². The third-order valence-electron chi connectivity index (χ3n) is 10.2. The first kappa shape index (κ1) is 25.8. The highest BCUT2D eigenvalue weighted by Gasteiger charge is 2.47.